The van der Waals surface area contributed by atoms with Crippen molar-refractivity contribution in [3.05, 3.63) is 0 Å². The van der Waals surface area contributed by atoms with E-state index in [2.05, 4.69) is 36.0 Å². The van der Waals surface area contributed by atoms with Crippen molar-refractivity contribution < 1.29 is 5.11 Å². The highest BCUT2D eigenvalue weighted by atomic mass is 16.3. The first-order valence-electron chi connectivity index (χ1n) is 7.90. The van der Waals surface area contributed by atoms with Crippen LogP contribution in [0.5, 0.6) is 0 Å². The Labute approximate surface area is 118 Å². The van der Waals surface area contributed by atoms with Gasteiger partial charge in [0.05, 0.1) is 6.61 Å². The van der Waals surface area contributed by atoms with E-state index in [1.54, 1.807) is 0 Å². The molecule has 4 nitrogen and oxygen atoms in total. The Hall–Kier alpha value is -0.160. The van der Waals surface area contributed by atoms with Gasteiger partial charge in [-0.05, 0) is 46.2 Å². The molecule has 0 aromatic heterocycles. The summed E-state index contributed by atoms with van der Waals surface area (Å²) in [6, 6.07) is 1.30. The molecule has 1 heterocycles. The minimum atomic E-state index is -0.0236. The van der Waals surface area contributed by atoms with Gasteiger partial charge in [-0.1, -0.05) is 6.92 Å². The third-order valence-electron chi connectivity index (χ3n) is 5.18. The molecular weight excluding hydrogens is 238 g/mol. The van der Waals surface area contributed by atoms with Crippen LogP contribution in [0.3, 0.4) is 0 Å². The fourth-order valence-corrected chi connectivity index (χ4v) is 3.79. The summed E-state index contributed by atoms with van der Waals surface area (Å²) >= 11 is 0. The zero-order valence-electron chi connectivity index (χ0n) is 12.9. The maximum absolute atomic E-state index is 9.79. The quantitative estimate of drug-likeness (QED) is 0.795. The largest absolute Gasteiger partial charge is 0.394 e. The molecule has 0 radical (unpaired) electrons. The van der Waals surface area contributed by atoms with E-state index in [0.29, 0.717) is 12.1 Å². The molecular formula is C15H31N3O. The fraction of sp³-hybridized carbons (Fsp3) is 1.00. The van der Waals surface area contributed by atoms with Crippen LogP contribution in [0.2, 0.25) is 0 Å². The van der Waals surface area contributed by atoms with Crippen LogP contribution < -0.4 is 5.32 Å². The SMILES string of the molecule is CCNC1(CO)CCCC(N2CCN(C)C(C)C2)C1. The van der Waals surface area contributed by atoms with Crippen molar-refractivity contribution in [3.63, 3.8) is 0 Å². The standard InChI is InChI=1S/C15H31N3O/c1-4-16-15(12-19)7-5-6-14(10-15)18-9-8-17(3)13(2)11-18/h13-14,16,19H,4-12H2,1-3H3. The lowest BCUT2D eigenvalue weighted by atomic mass is 9.78. The van der Waals surface area contributed by atoms with Crippen LogP contribution in [0.4, 0.5) is 0 Å². The Kier molecular flexibility index (Phi) is 5.23. The summed E-state index contributed by atoms with van der Waals surface area (Å²) in [6.45, 7) is 9.21. The average Bonchev–Trinajstić information content (AvgIpc) is 2.42. The molecule has 0 aromatic carbocycles. The van der Waals surface area contributed by atoms with E-state index in [-0.39, 0.29) is 12.1 Å². The first kappa shape index (κ1) is 15.2. The predicted octanol–water partition coefficient (Wildman–Crippen LogP) is 0.906. The Morgan fingerprint density at radius 3 is 2.79 bits per heavy atom. The van der Waals surface area contributed by atoms with Crippen molar-refractivity contribution in [3.8, 4) is 0 Å². The number of hydrogen-bond acceptors (Lipinski definition) is 4. The molecule has 112 valence electrons. The molecule has 1 aliphatic heterocycles. The molecule has 1 saturated heterocycles. The van der Waals surface area contributed by atoms with Crippen LogP contribution in [0, 0.1) is 0 Å². The molecule has 1 aliphatic carbocycles. The lowest BCUT2D eigenvalue weighted by Gasteiger charge is -2.48. The van der Waals surface area contributed by atoms with Crippen molar-refractivity contribution in [2.24, 2.45) is 0 Å². The van der Waals surface area contributed by atoms with Crippen molar-refractivity contribution >= 4 is 0 Å². The minimum absolute atomic E-state index is 0.0236. The van der Waals surface area contributed by atoms with Gasteiger partial charge in [0.15, 0.2) is 0 Å². The number of aliphatic hydroxyl groups excluding tert-OH is 1. The second kappa shape index (κ2) is 6.53. The van der Waals surface area contributed by atoms with Gasteiger partial charge in [-0.15, -0.1) is 0 Å². The van der Waals surface area contributed by atoms with E-state index in [9.17, 15) is 5.11 Å². The van der Waals surface area contributed by atoms with Crippen LogP contribution in [0.1, 0.15) is 39.5 Å². The summed E-state index contributed by atoms with van der Waals surface area (Å²) in [7, 11) is 2.22. The molecule has 2 N–H and O–H groups in total. The Morgan fingerprint density at radius 2 is 2.16 bits per heavy atom. The van der Waals surface area contributed by atoms with Gasteiger partial charge in [0, 0.05) is 37.3 Å². The first-order chi connectivity index (χ1) is 9.10. The second-order valence-corrected chi connectivity index (χ2v) is 6.54. The van der Waals surface area contributed by atoms with Gasteiger partial charge >= 0.3 is 0 Å². The van der Waals surface area contributed by atoms with Gasteiger partial charge in [-0.2, -0.15) is 0 Å². The van der Waals surface area contributed by atoms with Gasteiger partial charge in [0.1, 0.15) is 0 Å². The summed E-state index contributed by atoms with van der Waals surface area (Å²) < 4.78 is 0. The summed E-state index contributed by atoms with van der Waals surface area (Å²) in [4.78, 5) is 5.11. The van der Waals surface area contributed by atoms with Crippen LogP contribution in [0.25, 0.3) is 0 Å². The summed E-state index contributed by atoms with van der Waals surface area (Å²) in [5.74, 6) is 0. The highest BCUT2D eigenvalue weighted by Crippen LogP contribution is 2.32. The van der Waals surface area contributed by atoms with Crippen LogP contribution >= 0.6 is 0 Å². The van der Waals surface area contributed by atoms with Gasteiger partial charge in [0.2, 0.25) is 0 Å². The number of rotatable bonds is 4. The number of piperazine rings is 1. The normalized spacial score (nSPS) is 38.5. The van der Waals surface area contributed by atoms with E-state index in [4.69, 9.17) is 0 Å². The first-order valence-corrected chi connectivity index (χ1v) is 7.90. The van der Waals surface area contributed by atoms with Gasteiger partial charge < -0.3 is 15.3 Å². The van der Waals surface area contributed by atoms with Gasteiger partial charge in [0.25, 0.3) is 0 Å². The van der Waals surface area contributed by atoms with E-state index in [1.165, 1.54) is 32.5 Å². The molecule has 4 heteroatoms. The maximum Gasteiger partial charge on any atom is 0.0613 e. The monoisotopic (exact) mass is 269 g/mol. The number of nitrogens with zero attached hydrogens (tertiary/aromatic N) is 2. The molecule has 2 aliphatic rings. The lowest BCUT2D eigenvalue weighted by molar-refractivity contribution is 0.0211. The average molecular weight is 269 g/mol. The van der Waals surface area contributed by atoms with Crippen molar-refractivity contribution in [2.45, 2.75) is 57.2 Å². The van der Waals surface area contributed by atoms with Crippen molar-refractivity contribution in [1.29, 1.82) is 0 Å². The maximum atomic E-state index is 9.79. The topological polar surface area (TPSA) is 38.7 Å². The van der Waals surface area contributed by atoms with Crippen LogP contribution in [-0.4, -0.2) is 72.4 Å². The van der Waals surface area contributed by atoms with E-state index < -0.39 is 0 Å². The number of hydrogen-bond donors (Lipinski definition) is 2. The molecule has 0 aromatic rings. The molecule has 19 heavy (non-hydrogen) atoms. The Bertz CT molecular complexity index is 283. The van der Waals surface area contributed by atoms with Gasteiger partial charge in [-0.3, -0.25) is 4.90 Å². The summed E-state index contributed by atoms with van der Waals surface area (Å²) in [5.41, 5.74) is -0.0236. The highest BCUT2D eigenvalue weighted by molar-refractivity contribution is 4.97. The molecule has 3 atom stereocenters. The molecule has 3 unspecified atom stereocenters. The fourth-order valence-electron chi connectivity index (χ4n) is 3.79. The smallest absolute Gasteiger partial charge is 0.0613 e. The lowest BCUT2D eigenvalue weighted by Crippen LogP contribution is -2.59. The van der Waals surface area contributed by atoms with Crippen molar-refractivity contribution in [1.82, 2.24) is 15.1 Å². The molecule has 2 rings (SSSR count). The summed E-state index contributed by atoms with van der Waals surface area (Å²) in [5, 5.41) is 13.3. The minimum Gasteiger partial charge on any atom is -0.394 e. The zero-order valence-corrected chi connectivity index (χ0v) is 12.9. The van der Waals surface area contributed by atoms with Crippen LogP contribution in [0.15, 0.2) is 0 Å². The number of likely N-dealkylation sites (N-methyl/N-ethyl adjacent to an activating group) is 2. The highest BCUT2D eigenvalue weighted by Gasteiger charge is 2.38. The molecule has 0 bridgehead atoms. The molecule has 0 spiro atoms. The van der Waals surface area contributed by atoms with E-state index in [0.717, 1.165) is 19.4 Å². The van der Waals surface area contributed by atoms with Crippen LogP contribution in [-0.2, 0) is 0 Å². The Balaban J connectivity index is 1.97. The summed E-state index contributed by atoms with van der Waals surface area (Å²) in [6.07, 6.45) is 4.76. The second-order valence-electron chi connectivity index (χ2n) is 6.54. The molecule has 1 saturated carbocycles. The van der Waals surface area contributed by atoms with Crippen molar-refractivity contribution in [2.75, 3.05) is 39.8 Å². The number of nitrogens with one attached hydrogen (secondary N) is 1. The Morgan fingerprint density at radius 1 is 1.37 bits per heavy atom. The van der Waals surface area contributed by atoms with Gasteiger partial charge in [-0.25, -0.2) is 0 Å². The van der Waals surface area contributed by atoms with E-state index in [1.807, 2.05) is 0 Å². The van der Waals surface area contributed by atoms with E-state index >= 15 is 0 Å². The third-order valence-corrected chi connectivity index (χ3v) is 5.18. The number of aliphatic hydroxyl groups is 1. The molecule has 0 amide bonds. The predicted molar refractivity (Wildman–Crippen MR) is 79.4 cm³/mol. The zero-order chi connectivity index (χ0) is 13.9. The molecule has 2 fully saturated rings. The third kappa shape index (κ3) is 3.48.